The zero-order valence-electron chi connectivity index (χ0n) is 14.7. The van der Waals surface area contributed by atoms with Gasteiger partial charge in [-0.1, -0.05) is 24.3 Å². The van der Waals surface area contributed by atoms with E-state index >= 15 is 0 Å². The summed E-state index contributed by atoms with van der Waals surface area (Å²) in [4.78, 5) is 44.1. The third-order valence-corrected chi connectivity index (χ3v) is 4.84. The van der Waals surface area contributed by atoms with E-state index in [4.69, 9.17) is 4.74 Å². The molecule has 0 spiro atoms. The van der Waals surface area contributed by atoms with Gasteiger partial charge in [0.1, 0.15) is 11.6 Å². The molecule has 1 aromatic heterocycles. The molecule has 3 heterocycles. The van der Waals surface area contributed by atoms with Crippen LogP contribution in [0.4, 0.5) is 15.3 Å². The van der Waals surface area contributed by atoms with Crippen LogP contribution in [0.3, 0.4) is 0 Å². The minimum atomic E-state index is -1.19. The van der Waals surface area contributed by atoms with Gasteiger partial charge in [-0.05, 0) is 25.1 Å². The Morgan fingerprint density at radius 2 is 1.96 bits per heavy atom. The molecule has 2 aromatic rings. The predicted octanol–water partition coefficient (Wildman–Crippen LogP) is 1.87. The molecule has 2 unspecified atom stereocenters. The SMILES string of the molecule is CC1(c2cccnc2)NC(=O)N(CC2CN(c3ccccc3)C(=O)O2)C1=O. The molecule has 2 atom stereocenters. The van der Waals surface area contributed by atoms with Crippen LogP contribution < -0.4 is 10.2 Å². The number of hydrogen-bond acceptors (Lipinski definition) is 5. The lowest BCUT2D eigenvalue weighted by molar-refractivity contribution is -0.131. The number of hydrogen-bond donors (Lipinski definition) is 1. The van der Waals surface area contributed by atoms with E-state index in [2.05, 4.69) is 10.3 Å². The molecule has 138 valence electrons. The maximum atomic E-state index is 12.9. The molecular formula is C19H18N4O4. The van der Waals surface area contributed by atoms with Crippen LogP contribution in [0.5, 0.6) is 0 Å². The average Bonchev–Trinajstić information content (AvgIpc) is 3.16. The van der Waals surface area contributed by atoms with Gasteiger partial charge in [-0.15, -0.1) is 0 Å². The van der Waals surface area contributed by atoms with E-state index in [0.29, 0.717) is 11.3 Å². The molecule has 1 N–H and O–H groups in total. The highest BCUT2D eigenvalue weighted by Gasteiger charge is 2.50. The number of ether oxygens (including phenoxy) is 1. The fraction of sp³-hybridized carbons (Fsp3) is 0.263. The molecule has 0 bridgehead atoms. The smallest absolute Gasteiger partial charge is 0.414 e. The van der Waals surface area contributed by atoms with Crippen molar-refractivity contribution in [1.82, 2.24) is 15.2 Å². The second-order valence-electron chi connectivity index (χ2n) is 6.66. The lowest BCUT2D eigenvalue weighted by atomic mass is 9.93. The Labute approximate surface area is 155 Å². The first kappa shape index (κ1) is 17.0. The topological polar surface area (TPSA) is 91.8 Å². The molecule has 1 aromatic carbocycles. The van der Waals surface area contributed by atoms with Gasteiger partial charge in [-0.3, -0.25) is 19.6 Å². The number of amides is 4. The first-order valence-electron chi connectivity index (χ1n) is 8.57. The zero-order valence-corrected chi connectivity index (χ0v) is 14.7. The lowest BCUT2D eigenvalue weighted by Crippen LogP contribution is -2.42. The molecule has 4 amide bonds. The number of urea groups is 1. The summed E-state index contributed by atoms with van der Waals surface area (Å²) < 4.78 is 5.36. The van der Waals surface area contributed by atoms with Gasteiger partial charge >= 0.3 is 12.1 Å². The van der Waals surface area contributed by atoms with Crippen LogP contribution in [0.1, 0.15) is 12.5 Å². The second kappa shape index (κ2) is 6.39. The lowest BCUT2D eigenvalue weighted by Gasteiger charge is -2.22. The molecule has 2 fully saturated rings. The summed E-state index contributed by atoms with van der Waals surface area (Å²) in [5.41, 5.74) is 0.121. The van der Waals surface area contributed by atoms with Gasteiger partial charge in [0.2, 0.25) is 0 Å². The summed E-state index contributed by atoms with van der Waals surface area (Å²) in [5.74, 6) is -0.394. The summed E-state index contributed by atoms with van der Waals surface area (Å²) in [5, 5.41) is 2.72. The standard InChI is InChI=1S/C19H18N4O4/c1-19(13-6-5-9-20-10-13)16(24)23(17(25)21-19)12-15-11-22(18(26)27-15)14-7-3-2-4-8-14/h2-10,15H,11-12H2,1H3,(H,21,25). The summed E-state index contributed by atoms with van der Waals surface area (Å²) in [6, 6.07) is 12.0. The molecule has 0 radical (unpaired) electrons. The third kappa shape index (κ3) is 2.88. The number of rotatable bonds is 4. The Morgan fingerprint density at radius 3 is 2.67 bits per heavy atom. The van der Waals surface area contributed by atoms with Gasteiger partial charge in [-0.25, -0.2) is 9.59 Å². The molecule has 4 rings (SSSR count). The van der Waals surface area contributed by atoms with Crippen molar-refractivity contribution in [3.8, 4) is 0 Å². The number of carbonyl (C=O) groups excluding carboxylic acids is 3. The van der Waals surface area contributed by atoms with E-state index in [1.165, 1.54) is 4.90 Å². The molecule has 2 aliphatic heterocycles. The van der Waals surface area contributed by atoms with Crippen molar-refractivity contribution in [2.24, 2.45) is 0 Å². The number of cyclic esters (lactones) is 1. The number of anilines is 1. The summed E-state index contributed by atoms with van der Waals surface area (Å²) in [6.45, 7) is 1.90. The highest BCUT2D eigenvalue weighted by Crippen LogP contribution is 2.29. The van der Waals surface area contributed by atoms with E-state index in [1.54, 1.807) is 43.6 Å². The maximum Gasteiger partial charge on any atom is 0.414 e. The first-order chi connectivity index (χ1) is 13.0. The maximum absolute atomic E-state index is 12.9. The number of nitrogens with one attached hydrogen (secondary N) is 1. The monoisotopic (exact) mass is 366 g/mol. The van der Waals surface area contributed by atoms with Crippen LogP contribution in [0, 0.1) is 0 Å². The van der Waals surface area contributed by atoms with Gasteiger partial charge < -0.3 is 10.1 Å². The molecular weight excluding hydrogens is 348 g/mol. The molecule has 0 aliphatic carbocycles. The van der Waals surface area contributed by atoms with Crippen LogP contribution >= 0.6 is 0 Å². The normalized spacial score (nSPS) is 24.9. The van der Waals surface area contributed by atoms with Crippen molar-refractivity contribution in [2.75, 3.05) is 18.0 Å². The van der Waals surface area contributed by atoms with Gasteiger partial charge in [0.05, 0.1) is 13.1 Å². The highest BCUT2D eigenvalue weighted by molar-refractivity contribution is 6.07. The van der Waals surface area contributed by atoms with E-state index in [-0.39, 0.29) is 13.1 Å². The van der Waals surface area contributed by atoms with Gasteiger partial charge in [0.15, 0.2) is 0 Å². The summed E-state index contributed by atoms with van der Waals surface area (Å²) >= 11 is 0. The fourth-order valence-corrected chi connectivity index (χ4v) is 3.36. The van der Waals surface area contributed by atoms with E-state index in [9.17, 15) is 14.4 Å². The number of imide groups is 1. The summed E-state index contributed by atoms with van der Waals surface area (Å²) in [6.07, 6.45) is 2.06. The van der Waals surface area contributed by atoms with Crippen LogP contribution in [-0.4, -0.2) is 47.1 Å². The van der Waals surface area contributed by atoms with Gasteiger partial charge in [0, 0.05) is 23.6 Å². The summed E-state index contributed by atoms with van der Waals surface area (Å²) in [7, 11) is 0. The average molecular weight is 366 g/mol. The number of carbonyl (C=O) groups is 3. The Balaban J connectivity index is 1.50. The van der Waals surface area contributed by atoms with Crippen LogP contribution in [0.15, 0.2) is 54.9 Å². The molecule has 0 saturated carbocycles. The third-order valence-electron chi connectivity index (χ3n) is 4.84. The number of nitrogens with zero attached hydrogens (tertiary/aromatic N) is 3. The minimum absolute atomic E-state index is 0.00437. The molecule has 27 heavy (non-hydrogen) atoms. The quantitative estimate of drug-likeness (QED) is 0.834. The van der Waals surface area contributed by atoms with Gasteiger partial charge in [0.25, 0.3) is 5.91 Å². The Hall–Kier alpha value is -3.42. The fourth-order valence-electron chi connectivity index (χ4n) is 3.36. The number of benzene rings is 1. The molecule has 2 aliphatic rings. The number of pyridine rings is 1. The first-order valence-corrected chi connectivity index (χ1v) is 8.57. The van der Waals surface area contributed by atoms with E-state index in [1.807, 2.05) is 18.2 Å². The Morgan fingerprint density at radius 1 is 1.19 bits per heavy atom. The largest absolute Gasteiger partial charge is 0.442 e. The van der Waals surface area contributed by atoms with Crippen LogP contribution in [0.2, 0.25) is 0 Å². The highest BCUT2D eigenvalue weighted by atomic mass is 16.6. The van der Waals surface area contributed by atoms with Crippen molar-refractivity contribution in [1.29, 1.82) is 0 Å². The zero-order chi connectivity index (χ0) is 19.0. The van der Waals surface area contributed by atoms with Crippen molar-refractivity contribution >= 4 is 23.7 Å². The minimum Gasteiger partial charge on any atom is -0.442 e. The van der Waals surface area contributed by atoms with Crippen molar-refractivity contribution < 1.29 is 19.1 Å². The van der Waals surface area contributed by atoms with Crippen molar-refractivity contribution in [2.45, 2.75) is 18.6 Å². The Kier molecular flexibility index (Phi) is 4.02. The number of aromatic nitrogens is 1. The predicted molar refractivity (Wildman–Crippen MR) is 95.9 cm³/mol. The Bertz CT molecular complexity index is 889. The second-order valence-corrected chi connectivity index (χ2v) is 6.66. The van der Waals surface area contributed by atoms with Crippen molar-refractivity contribution in [3.05, 3.63) is 60.4 Å². The van der Waals surface area contributed by atoms with Crippen LogP contribution in [-0.2, 0) is 15.1 Å². The molecule has 8 heteroatoms. The van der Waals surface area contributed by atoms with Gasteiger partial charge in [-0.2, -0.15) is 0 Å². The van der Waals surface area contributed by atoms with E-state index < -0.39 is 29.7 Å². The molecule has 2 saturated heterocycles. The number of para-hydroxylation sites is 1. The molecule has 8 nitrogen and oxygen atoms in total. The van der Waals surface area contributed by atoms with E-state index in [0.717, 1.165) is 4.90 Å². The van der Waals surface area contributed by atoms with Crippen molar-refractivity contribution in [3.63, 3.8) is 0 Å². The van der Waals surface area contributed by atoms with Crippen LogP contribution in [0.25, 0.3) is 0 Å².